The summed E-state index contributed by atoms with van der Waals surface area (Å²) in [7, 11) is 0. The van der Waals surface area contributed by atoms with E-state index in [1.807, 2.05) is 6.07 Å². The van der Waals surface area contributed by atoms with Crippen molar-refractivity contribution in [3.05, 3.63) is 59.7 Å². The minimum atomic E-state index is -1.04. The molecular weight excluding hydrogens is 254 g/mol. The van der Waals surface area contributed by atoms with E-state index in [1.165, 1.54) is 12.1 Å². The average molecular weight is 264 g/mol. The maximum atomic E-state index is 13.8. The molecule has 0 aliphatic rings. The van der Waals surface area contributed by atoms with Gasteiger partial charge in [-0.1, -0.05) is 30.4 Å². The minimum absolute atomic E-state index is 0.0405. The molecule has 0 bridgehead atoms. The van der Waals surface area contributed by atoms with Crippen LogP contribution in [0.5, 0.6) is 0 Å². The molecule has 0 saturated heterocycles. The predicted molar refractivity (Wildman–Crippen MR) is 72.0 cm³/mol. The molecule has 0 heterocycles. The maximum absolute atomic E-state index is 13.8. The first-order valence-corrected chi connectivity index (χ1v) is 5.60. The predicted octanol–water partition coefficient (Wildman–Crippen LogP) is 3.34. The van der Waals surface area contributed by atoms with Crippen molar-refractivity contribution in [2.45, 2.75) is 0 Å². The van der Waals surface area contributed by atoms with Gasteiger partial charge in [0.15, 0.2) is 11.6 Å². The van der Waals surface area contributed by atoms with Gasteiger partial charge >= 0.3 is 0 Å². The second-order valence-corrected chi connectivity index (χ2v) is 4.08. The lowest BCUT2D eigenvalue weighted by Crippen LogP contribution is -2.13. The van der Waals surface area contributed by atoms with Crippen molar-refractivity contribution in [3.8, 4) is 0 Å². The van der Waals surface area contributed by atoms with Crippen LogP contribution in [0.2, 0.25) is 0 Å². The molecule has 0 saturated carbocycles. The quantitative estimate of drug-likeness (QED) is 0.835. The summed E-state index contributed by atoms with van der Waals surface area (Å²) in [5.74, 6) is -2.03. The topological polar surface area (TPSA) is 38.0 Å². The van der Waals surface area contributed by atoms with Crippen molar-refractivity contribution in [2.24, 2.45) is 5.73 Å². The Morgan fingerprint density at radius 3 is 2.28 bits per heavy atom. The van der Waals surface area contributed by atoms with Gasteiger partial charge in [-0.3, -0.25) is 0 Å². The average Bonchev–Trinajstić information content (AvgIpc) is 2.36. The number of hydrogen-bond donors (Lipinski definition) is 2. The van der Waals surface area contributed by atoms with Crippen molar-refractivity contribution in [1.29, 1.82) is 0 Å². The van der Waals surface area contributed by atoms with Crippen molar-refractivity contribution in [3.63, 3.8) is 0 Å². The van der Waals surface area contributed by atoms with Crippen molar-refractivity contribution in [2.75, 3.05) is 5.32 Å². The van der Waals surface area contributed by atoms with Gasteiger partial charge in [0.1, 0.15) is 4.99 Å². The molecule has 0 amide bonds. The summed E-state index contributed by atoms with van der Waals surface area (Å²) in [6, 6.07) is 11.7. The molecule has 0 spiro atoms. The Morgan fingerprint density at radius 2 is 1.67 bits per heavy atom. The Bertz CT molecular complexity index is 585. The summed E-state index contributed by atoms with van der Waals surface area (Å²) in [5.41, 5.74) is 5.90. The van der Waals surface area contributed by atoms with Crippen LogP contribution in [0.1, 0.15) is 5.56 Å². The van der Waals surface area contributed by atoms with Gasteiger partial charge in [0.2, 0.25) is 0 Å². The first-order chi connectivity index (χ1) is 8.59. The Hall–Kier alpha value is -2.01. The molecule has 92 valence electrons. The highest BCUT2D eigenvalue weighted by atomic mass is 32.1. The number of anilines is 2. The lowest BCUT2D eigenvalue weighted by atomic mass is 10.1. The Balaban J connectivity index is 2.36. The Labute approximate surface area is 108 Å². The van der Waals surface area contributed by atoms with E-state index in [0.29, 0.717) is 5.69 Å². The van der Waals surface area contributed by atoms with E-state index in [0.717, 1.165) is 0 Å². The lowest BCUT2D eigenvalue weighted by molar-refractivity contribution is 0.510. The molecule has 2 rings (SSSR count). The highest BCUT2D eigenvalue weighted by Gasteiger charge is 2.14. The molecule has 0 radical (unpaired) electrons. The third-order valence-electron chi connectivity index (χ3n) is 2.40. The summed E-state index contributed by atoms with van der Waals surface area (Å²) in [4.78, 5) is -0.169. The molecule has 2 aromatic carbocycles. The zero-order valence-corrected chi connectivity index (χ0v) is 10.1. The first-order valence-electron chi connectivity index (χ1n) is 5.19. The fourth-order valence-electron chi connectivity index (χ4n) is 1.51. The second-order valence-electron chi connectivity index (χ2n) is 3.64. The van der Waals surface area contributed by atoms with Crippen LogP contribution < -0.4 is 11.1 Å². The molecule has 0 fully saturated rings. The van der Waals surface area contributed by atoms with Gasteiger partial charge in [-0.05, 0) is 24.3 Å². The standard InChI is InChI=1S/C13H10F2N2S/c14-11-9(13(16)18)6-7-10(12(11)15)17-8-4-2-1-3-5-8/h1-7,17H,(H2,16,18). The van der Waals surface area contributed by atoms with Crippen LogP contribution in [0.4, 0.5) is 20.2 Å². The molecular formula is C13H10F2N2S. The molecule has 0 unspecified atom stereocenters. The molecule has 2 nitrogen and oxygen atoms in total. The van der Waals surface area contributed by atoms with Gasteiger partial charge in [0, 0.05) is 11.3 Å². The van der Waals surface area contributed by atoms with Crippen LogP contribution in [0, 0.1) is 11.6 Å². The monoisotopic (exact) mass is 264 g/mol. The Morgan fingerprint density at radius 1 is 1.00 bits per heavy atom. The van der Waals surface area contributed by atoms with Crippen LogP contribution in [0.3, 0.4) is 0 Å². The fourth-order valence-corrected chi connectivity index (χ4v) is 1.67. The van der Waals surface area contributed by atoms with E-state index < -0.39 is 11.6 Å². The molecule has 0 aliphatic heterocycles. The van der Waals surface area contributed by atoms with Gasteiger partial charge in [-0.25, -0.2) is 8.78 Å². The van der Waals surface area contributed by atoms with E-state index in [-0.39, 0.29) is 16.2 Å². The SMILES string of the molecule is NC(=S)c1ccc(Nc2ccccc2)c(F)c1F. The summed E-state index contributed by atoms with van der Waals surface area (Å²) >= 11 is 4.63. The zero-order valence-electron chi connectivity index (χ0n) is 9.28. The number of nitrogens with two attached hydrogens (primary N) is 1. The number of rotatable bonds is 3. The maximum Gasteiger partial charge on any atom is 0.182 e. The third-order valence-corrected chi connectivity index (χ3v) is 2.62. The van der Waals surface area contributed by atoms with Crippen LogP contribution >= 0.6 is 12.2 Å². The summed E-state index contributed by atoms with van der Waals surface area (Å²) in [6.45, 7) is 0. The number of benzene rings is 2. The van der Waals surface area contributed by atoms with E-state index in [4.69, 9.17) is 5.73 Å². The van der Waals surface area contributed by atoms with Crippen molar-refractivity contribution >= 4 is 28.6 Å². The van der Waals surface area contributed by atoms with Gasteiger partial charge in [-0.2, -0.15) is 0 Å². The largest absolute Gasteiger partial charge is 0.389 e. The Kier molecular flexibility index (Phi) is 3.53. The molecule has 3 N–H and O–H groups in total. The summed E-state index contributed by atoms with van der Waals surface area (Å²) in [5, 5.41) is 2.78. The van der Waals surface area contributed by atoms with Crippen molar-refractivity contribution in [1.82, 2.24) is 0 Å². The normalized spacial score (nSPS) is 10.1. The first kappa shape index (κ1) is 12.4. The van der Waals surface area contributed by atoms with E-state index in [9.17, 15) is 8.78 Å². The fraction of sp³-hybridized carbons (Fsp3) is 0. The number of thiocarbonyl (C=S) groups is 1. The van der Waals surface area contributed by atoms with Gasteiger partial charge in [0.25, 0.3) is 0 Å². The number of hydrogen-bond acceptors (Lipinski definition) is 2. The van der Waals surface area contributed by atoms with Crippen LogP contribution in [0.25, 0.3) is 0 Å². The summed E-state index contributed by atoms with van der Waals surface area (Å²) in [6.07, 6.45) is 0. The molecule has 0 aliphatic carbocycles. The lowest BCUT2D eigenvalue weighted by Gasteiger charge is -2.10. The van der Waals surface area contributed by atoms with Gasteiger partial charge in [-0.15, -0.1) is 0 Å². The van der Waals surface area contributed by atoms with Gasteiger partial charge in [0.05, 0.1) is 5.69 Å². The molecule has 18 heavy (non-hydrogen) atoms. The van der Waals surface area contributed by atoms with Crippen LogP contribution in [-0.4, -0.2) is 4.99 Å². The highest BCUT2D eigenvalue weighted by molar-refractivity contribution is 7.80. The molecule has 0 aromatic heterocycles. The van der Waals surface area contributed by atoms with Crippen LogP contribution in [0.15, 0.2) is 42.5 Å². The van der Waals surface area contributed by atoms with E-state index >= 15 is 0 Å². The highest BCUT2D eigenvalue weighted by Crippen LogP contribution is 2.24. The van der Waals surface area contributed by atoms with E-state index in [2.05, 4.69) is 17.5 Å². The van der Waals surface area contributed by atoms with Crippen LogP contribution in [-0.2, 0) is 0 Å². The third kappa shape index (κ3) is 2.46. The molecule has 5 heteroatoms. The second kappa shape index (κ2) is 5.10. The number of halogens is 2. The molecule has 2 aromatic rings. The van der Waals surface area contributed by atoms with Gasteiger partial charge < -0.3 is 11.1 Å². The summed E-state index contributed by atoms with van der Waals surface area (Å²) < 4.78 is 27.4. The number of nitrogens with one attached hydrogen (secondary N) is 1. The molecule has 0 atom stereocenters. The zero-order chi connectivity index (χ0) is 13.1. The van der Waals surface area contributed by atoms with E-state index in [1.54, 1.807) is 24.3 Å². The van der Waals surface area contributed by atoms with Crippen molar-refractivity contribution < 1.29 is 8.78 Å². The minimum Gasteiger partial charge on any atom is -0.389 e. The smallest absolute Gasteiger partial charge is 0.182 e. The number of para-hydroxylation sites is 1.